The van der Waals surface area contributed by atoms with Gasteiger partial charge in [-0.3, -0.25) is 0 Å². The largest absolute Gasteiger partial charge is 0.461 e. The second-order valence-corrected chi connectivity index (χ2v) is 5.55. The second-order valence-electron chi connectivity index (χ2n) is 5.55. The van der Waals surface area contributed by atoms with Gasteiger partial charge in [-0.15, -0.1) is 0 Å². The number of para-hydroxylation sites is 1. The van der Waals surface area contributed by atoms with Crippen LogP contribution in [0.15, 0.2) is 28.7 Å². The lowest BCUT2D eigenvalue weighted by atomic mass is 10.1. The second kappa shape index (κ2) is 6.42. The molecule has 0 spiro atoms. The van der Waals surface area contributed by atoms with Crippen molar-refractivity contribution in [1.82, 2.24) is 5.32 Å². The number of hydrogen-bond donors (Lipinski definition) is 1. The smallest absolute Gasteiger partial charge is 0.134 e. The Morgan fingerprint density at radius 3 is 3.00 bits per heavy atom. The summed E-state index contributed by atoms with van der Waals surface area (Å²) in [6.45, 7) is 5.98. The van der Waals surface area contributed by atoms with Crippen molar-refractivity contribution in [2.24, 2.45) is 5.92 Å². The van der Waals surface area contributed by atoms with E-state index in [1.807, 2.05) is 12.1 Å². The number of nitrogens with one attached hydrogen (secondary N) is 1. The third kappa shape index (κ3) is 2.89. The number of aryl methyl sites for hydroxylation is 1. The van der Waals surface area contributed by atoms with Gasteiger partial charge in [-0.05, 0) is 31.4 Å². The van der Waals surface area contributed by atoms with E-state index in [1.54, 1.807) is 0 Å². The fourth-order valence-electron chi connectivity index (χ4n) is 2.96. The SMILES string of the molecule is CCc1oc2ccccc2c1CNCCC1CCOC1. The Kier molecular flexibility index (Phi) is 4.38. The summed E-state index contributed by atoms with van der Waals surface area (Å²) < 4.78 is 11.3. The number of ether oxygens (including phenoxy) is 1. The Balaban J connectivity index is 1.61. The van der Waals surface area contributed by atoms with Crippen LogP contribution in [0.1, 0.15) is 31.1 Å². The molecule has 1 fully saturated rings. The minimum Gasteiger partial charge on any atom is -0.461 e. The molecule has 1 saturated heterocycles. The maximum atomic E-state index is 5.92. The Hall–Kier alpha value is -1.32. The van der Waals surface area contributed by atoms with Gasteiger partial charge in [-0.1, -0.05) is 25.1 Å². The third-order valence-corrected chi connectivity index (χ3v) is 4.16. The Labute approximate surface area is 120 Å². The van der Waals surface area contributed by atoms with Crippen LogP contribution in [0.25, 0.3) is 11.0 Å². The van der Waals surface area contributed by atoms with Gasteiger partial charge in [0.15, 0.2) is 0 Å². The molecular formula is C17H23NO2. The van der Waals surface area contributed by atoms with Crippen LogP contribution in [-0.2, 0) is 17.7 Å². The van der Waals surface area contributed by atoms with E-state index in [1.165, 1.54) is 23.8 Å². The quantitative estimate of drug-likeness (QED) is 0.818. The maximum Gasteiger partial charge on any atom is 0.134 e. The molecule has 3 nitrogen and oxygen atoms in total. The molecule has 0 saturated carbocycles. The van der Waals surface area contributed by atoms with Crippen molar-refractivity contribution in [3.05, 3.63) is 35.6 Å². The monoisotopic (exact) mass is 273 g/mol. The maximum absolute atomic E-state index is 5.92. The fourth-order valence-corrected chi connectivity index (χ4v) is 2.96. The predicted octanol–water partition coefficient (Wildman–Crippen LogP) is 3.51. The highest BCUT2D eigenvalue weighted by Gasteiger charge is 2.15. The molecule has 0 radical (unpaired) electrons. The number of furan rings is 1. The average molecular weight is 273 g/mol. The highest BCUT2D eigenvalue weighted by molar-refractivity contribution is 5.82. The predicted molar refractivity (Wildman–Crippen MR) is 80.8 cm³/mol. The van der Waals surface area contributed by atoms with Crippen molar-refractivity contribution in [3.63, 3.8) is 0 Å². The average Bonchev–Trinajstić information content (AvgIpc) is 3.11. The van der Waals surface area contributed by atoms with Crippen LogP contribution in [0, 0.1) is 5.92 Å². The standard InChI is InChI=1S/C17H23NO2/c1-2-16-15(14-5-3-4-6-17(14)20-16)11-18-9-7-13-8-10-19-12-13/h3-6,13,18H,2,7-12H2,1H3. The van der Waals surface area contributed by atoms with Gasteiger partial charge in [0.1, 0.15) is 11.3 Å². The topological polar surface area (TPSA) is 34.4 Å². The molecule has 0 aliphatic carbocycles. The van der Waals surface area contributed by atoms with Crippen molar-refractivity contribution >= 4 is 11.0 Å². The zero-order chi connectivity index (χ0) is 13.8. The molecule has 1 unspecified atom stereocenters. The molecular weight excluding hydrogens is 250 g/mol. The van der Waals surface area contributed by atoms with Gasteiger partial charge >= 0.3 is 0 Å². The van der Waals surface area contributed by atoms with Crippen molar-refractivity contribution in [1.29, 1.82) is 0 Å². The van der Waals surface area contributed by atoms with E-state index in [9.17, 15) is 0 Å². The lowest BCUT2D eigenvalue weighted by molar-refractivity contribution is 0.184. The molecule has 20 heavy (non-hydrogen) atoms. The molecule has 108 valence electrons. The van der Waals surface area contributed by atoms with Gasteiger partial charge < -0.3 is 14.5 Å². The van der Waals surface area contributed by atoms with E-state index in [2.05, 4.69) is 24.4 Å². The summed E-state index contributed by atoms with van der Waals surface area (Å²) in [6.07, 6.45) is 3.37. The summed E-state index contributed by atoms with van der Waals surface area (Å²) in [5.41, 5.74) is 2.33. The Morgan fingerprint density at radius 1 is 1.30 bits per heavy atom. The first-order valence-corrected chi connectivity index (χ1v) is 7.66. The highest BCUT2D eigenvalue weighted by atomic mass is 16.5. The minimum absolute atomic E-state index is 0.745. The summed E-state index contributed by atoms with van der Waals surface area (Å²) in [5, 5.41) is 4.82. The normalized spacial score (nSPS) is 18.9. The van der Waals surface area contributed by atoms with Crippen molar-refractivity contribution in [3.8, 4) is 0 Å². The first kappa shape index (κ1) is 13.7. The number of hydrogen-bond acceptors (Lipinski definition) is 3. The molecule has 1 aromatic carbocycles. The zero-order valence-electron chi connectivity index (χ0n) is 12.2. The van der Waals surface area contributed by atoms with E-state index >= 15 is 0 Å². The molecule has 3 rings (SSSR count). The Bertz CT molecular complexity index is 555. The summed E-state index contributed by atoms with van der Waals surface area (Å²) in [6, 6.07) is 8.31. The first-order chi connectivity index (χ1) is 9.88. The lowest BCUT2D eigenvalue weighted by Crippen LogP contribution is -2.18. The molecule has 0 bridgehead atoms. The third-order valence-electron chi connectivity index (χ3n) is 4.16. The molecule has 2 aromatic rings. The van der Waals surface area contributed by atoms with Crippen LogP contribution >= 0.6 is 0 Å². The van der Waals surface area contributed by atoms with Gasteiger partial charge in [0.05, 0.1) is 0 Å². The number of benzene rings is 1. The molecule has 1 aliphatic heterocycles. The molecule has 1 N–H and O–H groups in total. The van der Waals surface area contributed by atoms with E-state index in [4.69, 9.17) is 9.15 Å². The van der Waals surface area contributed by atoms with Gasteiger partial charge in [0.2, 0.25) is 0 Å². The number of rotatable bonds is 6. The van der Waals surface area contributed by atoms with Crippen molar-refractivity contribution in [2.75, 3.05) is 19.8 Å². The fraction of sp³-hybridized carbons (Fsp3) is 0.529. The molecule has 0 amide bonds. The van der Waals surface area contributed by atoms with Crippen molar-refractivity contribution < 1.29 is 9.15 Å². The van der Waals surface area contributed by atoms with E-state index in [-0.39, 0.29) is 0 Å². The van der Waals surface area contributed by atoms with Crippen LogP contribution in [-0.4, -0.2) is 19.8 Å². The van der Waals surface area contributed by atoms with Crippen LogP contribution in [0.4, 0.5) is 0 Å². The van der Waals surface area contributed by atoms with E-state index in [0.717, 1.165) is 50.0 Å². The molecule has 1 atom stereocenters. The van der Waals surface area contributed by atoms with Crippen LogP contribution in [0.2, 0.25) is 0 Å². The summed E-state index contributed by atoms with van der Waals surface area (Å²) in [4.78, 5) is 0. The summed E-state index contributed by atoms with van der Waals surface area (Å²) in [5.74, 6) is 1.86. The first-order valence-electron chi connectivity index (χ1n) is 7.66. The minimum atomic E-state index is 0.745. The molecule has 1 aliphatic rings. The van der Waals surface area contributed by atoms with Gasteiger partial charge in [-0.2, -0.15) is 0 Å². The summed E-state index contributed by atoms with van der Waals surface area (Å²) >= 11 is 0. The highest BCUT2D eigenvalue weighted by Crippen LogP contribution is 2.26. The molecule has 3 heteroatoms. The van der Waals surface area contributed by atoms with Gasteiger partial charge in [0.25, 0.3) is 0 Å². The number of fused-ring (bicyclic) bond motifs is 1. The summed E-state index contributed by atoms with van der Waals surface area (Å²) in [7, 11) is 0. The van der Waals surface area contributed by atoms with Crippen LogP contribution < -0.4 is 5.32 Å². The van der Waals surface area contributed by atoms with Gasteiger partial charge in [0, 0.05) is 37.1 Å². The molecule has 2 heterocycles. The van der Waals surface area contributed by atoms with Gasteiger partial charge in [-0.25, -0.2) is 0 Å². The lowest BCUT2D eigenvalue weighted by Gasteiger charge is -2.08. The Morgan fingerprint density at radius 2 is 2.20 bits per heavy atom. The molecule has 1 aromatic heterocycles. The van der Waals surface area contributed by atoms with Crippen LogP contribution in [0.5, 0.6) is 0 Å². The van der Waals surface area contributed by atoms with Crippen LogP contribution in [0.3, 0.4) is 0 Å². The van der Waals surface area contributed by atoms with E-state index < -0.39 is 0 Å². The zero-order valence-corrected chi connectivity index (χ0v) is 12.2. The van der Waals surface area contributed by atoms with Crippen molar-refractivity contribution in [2.45, 2.75) is 32.7 Å². The van der Waals surface area contributed by atoms with E-state index in [0.29, 0.717) is 0 Å².